The zero-order valence-corrected chi connectivity index (χ0v) is 13.1. The maximum absolute atomic E-state index is 11.5. The van der Waals surface area contributed by atoms with E-state index in [9.17, 15) is 8.42 Å². The molecule has 0 aliphatic heterocycles. The third-order valence-corrected chi connectivity index (χ3v) is 4.55. The summed E-state index contributed by atoms with van der Waals surface area (Å²) in [6.45, 7) is 0.569. The summed E-state index contributed by atoms with van der Waals surface area (Å²) in [6.07, 6.45) is 0. The van der Waals surface area contributed by atoms with Crippen molar-refractivity contribution < 1.29 is 17.9 Å². The number of ether oxygens (including phenoxy) is 2. The lowest BCUT2D eigenvalue weighted by Crippen LogP contribution is -2.11. The van der Waals surface area contributed by atoms with E-state index in [0.29, 0.717) is 23.1 Å². The Labute approximate surface area is 124 Å². The van der Waals surface area contributed by atoms with Gasteiger partial charge in [0, 0.05) is 17.8 Å². The molecule has 0 aliphatic carbocycles. The molecule has 0 bridgehead atoms. The Hall–Kier alpha value is -1.16. The Morgan fingerprint density at radius 3 is 2.75 bits per heavy atom. The molecule has 0 unspecified atom stereocenters. The molecule has 0 spiro atoms. The maximum atomic E-state index is 11.5. The standard InChI is InChI=1S/C10H12ClN3O4S2/c1-17-5-4-14-9(8-7(18-2)3-6-19-8)12-13-10(14)20(11,15)16/h3,6H,4-5H2,1-2H3. The Morgan fingerprint density at radius 2 is 2.15 bits per heavy atom. The van der Waals surface area contributed by atoms with E-state index in [4.69, 9.17) is 20.2 Å². The van der Waals surface area contributed by atoms with E-state index >= 15 is 0 Å². The molecule has 2 heterocycles. The fourth-order valence-corrected chi connectivity index (χ4v) is 3.42. The van der Waals surface area contributed by atoms with Crippen LogP contribution in [0.3, 0.4) is 0 Å². The molecule has 7 nitrogen and oxygen atoms in total. The predicted octanol–water partition coefficient (Wildman–Crippen LogP) is 1.59. The van der Waals surface area contributed by atoms with Gasteiger partial charge in [-0.2, -0.15) is 0 Å². The normalized spacial score (nSPS) is 11.8. The van der Waals surface area contributed by atoms with Gasteiger partial charge in [-0.05, 0) is 11.4 Å². The Morgan fingerprint density at radius 1 is 1.40 bits per heavy atom. The molecule has 20 heavy (non-hydrogen) atoms. The molecule has 110 valence electrons. The number of hydrogen-bond donors (Lipinski definition) is 0. The average molecular weight is 338 g/mol. The van der Waals surface area contributed by atoms with Crippen LogP contribution in [0.5, 0.6) is 5.75 Å². The van der Waals surface area contributed by atoms with Gasteiger partial charge in [-0.1, -0.05) is 0 Å². The summed E-state index contributed by atoms with van der Waals surface area (Å²) < 4.78 is 34.6. The second-order valence-corrected chi connectivity index (χ2v) is 7.08. The minimum atomic E-state index is -3.98. The molecule has 2 aromatic heterocycles. The van der Waals surface area contributed by atoms with Crippen molar-refractivity contribution in [3.63, 3.8) is 0 Å². The molecule has 0 atom stereocenters. The van der Waals surface area contributed by atoms with Crippen molar-refractivity contribution in [3.8, 4) is 16.5 Å². The molecule has 0 radical (unpaired) electrons. The maximum Gasteiger partial charge on any atom is 0.296 e. The van der Waals surface area contributed by atoms with Gasteiger partial charge >= 0.3 is 0 Å². The van der Waals surface area contributed by atoms with E-state index in [-0.39, 0.29) is 11.7 Å². The zero-order valence-electron chi connectivity index (χ0n) is 10.7. The lowest BCUT2D eigenvalue weighted by molar-refractivity contribution is 0.185. The first-order valence-electron chi connectivity index (χ1n) is 5.47. The molecule has 2 aromatic rings. The summed E-state index contributed by atoms with van der Waals surface area (Å²) in [5.74, 6) is 0.979. The minimum absolute atomic E-state index is 0.265. The van der Waals surface area contributed by atoms with Gasteiger partial charge in [0.1, 0.15) is 10.6 Å². The summed E-state index contributed by atoms with van der Waals surface area (Å²) in [5, 5.41) is 9.08. The van der Waals surface area contributed by atoms with Crippen molar-refractivity contribution in [2.75, 3.05) is 20.8 Å². The molecule has 10 heteroatoms. The minimum Gasteiger partial charge on any atom is -0.495 e. The fraction of sp³-hybridized carbons (Fsp3) is 0.400. The third-order valence-electron chi connectivity index (χ3n) is 2.51. The largest absolute Gasteiger partial charge is 0.495 e. The predicted molar refractivity (Wildman–Crippen MR) is 74.8 cm³/mol. The first-order chi connectivity index (χ1) is 9.49. The quantitative estimate of drug-likeness (QED) is 0.744. The number of hydrogen-bond acceptors (Lipinski definition) is 7. The van der Waals surface area contributed by atoms with Gasteiger partial charge < -0.3 is 9.47 Å². The molecule has 0 aliphatic rings. The van der Waals surface area contributed by atoms with E-state index in [2.05, 4.69) is 10.2 Å². The van der Waals surface area contributed by atoms with Crippen LogP contribution in [-0.4, -0.2) is 44.0 Å². The topological polar surface area (TPSA) is 83.3 Å². The Kier molecular flexibility index (Phi) is 4.63. The summed E-state index contributed by atoms with van der Waals surface area (Å²) in [4.78, 5) is 0.683. The molecule has 0 fully saturated rings. The second kappa shape index (κ2) is 6.08. The van der Waals surface area contributed by atoms with Gasteiger partial charge in [-0.3, -0.25) is 4.57 Å². The SMILES string of the molecule is COCCn1c(-c2sccc2OC)nnc1S(=O)(=O)Cl. The van der Waals surface area contributed by atoms with Gasteiger partial charge in [0.05, 0.1) is 20.3 Å². The van der Waals surface area contributed by atoms with E-state index in [1.807, 2.05) is 5.38 Å². The van der Waals surface area contributed by atoms with Gasteiger partial charge in [-0.15, -0.1) is 21.5 Å². The molecule has 0 saturated carbocycles. The summed E-state index contributed by atoms with van der Waals surface area (Å²) in [7, 11) is 4.43. The Bertz CT molecular complexity index is 695. The lowest BCUT2D eigenvalue weighted by atomic mass is 10.4. The van der Waals surface area contributed by atoms with Crippen molar-refractivity contribution in [3.05, 3.63) is 11.4 Å². The van der Waals surface area contributed by atoms with Crippen molar-refractivity contribution in [1.29, 1.82) is 0 Å². The second-order valence-electron chi connectivity index (χ2n) is 3.71. The van der Waals surface area contributed by atoms with Crippen LogP contribution in [0.2, 0.25) is 0 Å². The Balaban J connectivity index is 2.56. The van der Waals surface area contributed by atoms with Crippen LogP contribution in [0.4, 0.5) is 0 Å². The molecular weight excluding hydrogens is 326 g/mol. The highest BCUT2D eigenvalue weighted by molar-refractivity contribution is 8.13. The summed E-state index contributed by atoms with van der Waals surface area (Å²) in [5.41, 5.74) is 0. The number of methoxy groups -OCH3 is 2. The number of aromatic nitrogens is 3. The van der Waals surface area contributed by atoms with Crippen LogP contribution in [0.25, 0.3) is 10.7 Å². The third kappa shape index (κ3) is 2.95. The van der Waals surface area contributed by atoms with Crippen molar-refractivity contribution in [2.45, 2.75) is 11.7 Å². The van der Waals surface area contributed by atoms with Gasteiger partial charge in [0.2, 0.25) is 0 Å². The molecule has 0 N–H and O–H groups in total. The van der Waals surface area contributed by atoms with Crippen LogP contribution in [0.15, 0.2) is 16.6 Å². The zero-order chi connectivity index (χ0) is 14.8. The van der Waals surface area contributed by atoms with E-state index in [1.165, 1.54) is 30.1 Å². The highest BCUT2D eigenvalue weighted by Crippen LogP contribution is 2.35. The number of nitrogens with zero attached hydrogens (tertiary/aromatic N) is 3. The highest BCUT2D eigenvalue weighted by Gasteiger charge is 2.25. The van der Waals surface area contributed by atoms with Crippen LogP contribution in [0.1, 0.15) is 0 Å². The van der Waals surface area contributed by atoms with Crippen LogP contribution in [0, 0.1) is 0 Å². The summed E-state index contributed by atoms with van der Waals surface area (Å²) in [6, 6.07) is 1.77. The lowest BCUT2D eigenvalue weighted by Gasteiger charge is -2.08. The molecular formula is C10H12ClN3O4S2. The molecule has 0 amide bonds. The highest BCUT2D eigenvalue weighted by atomic mass is 35.7. The van der Waals surface area contributed by atoms with Crippen LogP contribution in [-0.2, 0) is 20.3 Å². The molecule has 2 rings (SSSR count). The number of rotatable bonds is 6. The summed E-state index contributed by atoms with van der Waals surface area (Å²) >= 11 is 1.37. The van der Waals surface area contributed by atoms with Gasteiger partial charge in [-0.25, -0.2) is 8.42 Å². The van der Waals surface area contributed by atoms with Gasteiger partial charge in [0.15, 0.2) is 5.82 Å². The monoisotopic (exact) mass is 337 g/mol. The molecule has 0 aromatic carbocycles. The van der Waals surface area contributed by atoms with Crippen molar-refractivity contribution >= 4 is 31.1 Å². The van der Waals surface area contributed by atoms with Crippen molar-refractivity contribution in [1.82, 2.24) is 14.8 Å². The van der Waals surface area contributed by atoms with E-state index in [0.717, 1.165) is 0 Å². The van der Waals surface area contributed by atoms with E-state index in [1.54, 1.807) is 6.07 Å². The van der Waals surface area contributed by atoms with E-state index < -0.39 is 9.05 Å². The smallest absolute Gasteiger partial charge is 0.296 e. The number of halogens is 1. The molecule has 0 saturated heterocycles. The van der Waals surface area contributed by atoms with Crippen LogP contribution >= 0.6 is 22.0 Å². The number of thiophene rings is 1. The fourth-order valence-electron chi connectivity index (χ4n) is 1.64. The average Bonchev–Trinajstić information content (AvgIpc) is 3.00. The van der Waals surface area contributed by atoms with Crippen LogP contribution < -0.4 is 4.74 Å². The van der Waals surface area contributed by atoms with Gasteiger partial charge in [0.25, 0.3) is 14.2 Å². The van der Waals surface area contributed by atoms with Crippen molar-refractivity contribution in [2.24, 2.45) is 0 Å². The first-order valence-corrected chi connectivity index (χ1v) is 8.66. The first kappa shape index (κ1) is 15.2.